The molecule has 3 atom stereocenters. The Labute approximate surface area is 176 Å². The zero-order chi connectivity index (χ0) is 19.8. The second-order valence-corrected chi connectivity index (χ2v) is 8.65. The van der Waals surface area contributed by atoms with Crippen molar-refractivity contribution in [3.05, 3.63) is 63.1 Å². The van der Waals surface area contributed by atoms with E-state index in [1.807, 2.05) is 6.07 Å². The van der Waals surface area contributed by atoms with Crippen LogP contribution < -0.4 is 4.74 Å². The molecule has 4 rings (SSSR count). The maximum Gasteiger partial charge on any atom is 0.322 e. The molecule has 0 bridgehead atoms. The number of hydrogen-bond acceptors (Lipinski definition) is 4. The summed E-state index contributed by atoms with van der Waals surface area (Å²) in [6.07, 6.45) is 2.93. The predicted molar refractivity (Wildman–Crippen MR) is 109 cm³/mol. The number of esters is 1. The van der Waals surface area contributed by atoms with E-state index in [-0.39, 0.29) is 17.5 Å². The summed E-state index contributed by atoms with van der Waals surface area (Å²) in [5.74, 6) is -2.33. The van der Waals surface area contributed by atoms with Crippen LogP contribution in [-0.4, -0.2) is 17.5 Å². The predicted octanol–water partition coefficient (Wildman–Crippen LogP) is 5.36. The van der Waals surface area contributed by atoms with Crippen molar-refractivity contribution in [1.82, 2.24) is 0 Å². The highest BCUT2D eigenvalue weighted by Gasteiger charge is 2.48. The summed E-state index contributed by atoms with van der Waals surface area (Å²) < 4.78 is 6.32. The number of ether oxygens (including phenoxy) is 1. The molecule has 0 N–H and O–H groups in total. The lowest BCUT2D eigenvalue weighted by Crippen LogP contribution is -2.43. The van der Waals surface area contributed by atoms with Gasteiger partial charge in [-0.3, -0.25) is 14.4 Å². The molecule has 1 heterocycles. The minimum atomic E-state index is -1.05. The second kappa shape index (κ2) is 7.80. The molecule has 1 aliphatic carbocycles. The molecule has 0 radical (unpaired) electrons. The molecule has 28 heavy (non-hydrogen) atoms. The van der Waals surface area contributed by atoms with Crippen molar-refractivity contribution in [3.63, 3.8) is 0 Å². The fourth-order valence-corrected chi connectivity index (χ4v) is 4.78. The molecule has 1 aliphatic heterocycles. The van der Waals surface area contributed by atoms with Crippen molar-refractivity contribution < 1.29 is 19.1 Å². The lowest BCUT2D eigenvalue weighted by molar-refractivity contribution is -0.140. The van der Waals surface area contributed by atoms with Gasteiger partial charge in [0, 0.05) is 38.9 Å². The number of carbonyl (C=O) groups is 3. The van der Waals surface area contributed by atoms with E-state index in [2.05, 4.69) is 15.9 Å². The molecule has 0 spiro atoms. The minimum Gasteiger partial charge on any atom is -0.426 e. The van der Waals surface area contributed by atoms with Gasteiger partial charge in [-0.05, 0) is 55.3 Å². The monoisotopic (exact) mass is 460 g/mol. The van der Waals surface area contributed by atoms with E-state index in [0.717, 1.165) is 22.9 Å². The van der Waals surface area contributed by atoms with E-state index in [1.165, 1.54) is 0 Å². The highest BCUT2D eigenvalue weighted by molar-refractivity contribution is 9.10. The Balaban J connectivity index is 1.82. The van der Waals surface area contributed by atoms with E-state index in [4.69, 9.17) is 16.3 Å². The molecular formula is C22H18BrClO4. The SMILES string of the molecule is O=C1Oc2ccc(Br)cc2[C@@H]([C@@H]2CCCCC2=O)[C@@H]1C(=O)c1ccc(Cl)cc1. The Morgan fingerprint density at radius 2 is 1.82 bits per heavy atom. The standard InChI is InChI=1S/C22H18BrClO4/c23-13-7-10-18-16(11-13)19(15-3-1-2-4-17(15)25)20(22(27)28-18)21(26)12-5-8-14(24)9-6-12/h5-11,15,19-20H,1-4H2/t15-,19-,20-/m1/s1. The molecule has 0 unspecified atom stereocenters. The molecule has 1 saturated carbocycles. The Kier molecular flexibility index (Phi) is 5.39. The molecule has 0 amide bonds. The van der Waals surface area contributed by atoms with Gasteiger partial charge in [0.2, 0.25) is 0 Å². The molecule has 0 aromatic heterocycles. The van der Waals surface area contributed by atoms with E-state index in [0.29, 0.717) is 29.2 Å². The lowest BCUT2D eigenvalue weighted by atomic mass is 9.67. The van der Waals surface area contributed by atoms with Crippen LogP contribution in [-0.2, 0) is 9.59 Å². The van der Waals surface area contributed by atoms with Gasteiger partial charge < -0.3 is 4.74 Å². The topological polar surface area (TPSA) is 60.4 Å². The summed E-state index contributed by atoms with van der Waals surface area (Å²) in [6, 6.07) is 11.8. The zero-order valence-corrected chi connectivity index (χ0v) is 17.3. The smallest absolute Gasteiger partial charge is 0.322 e. The van der Waals surface area contributed by atoms with Gasteiger partial charge in [0.15, 0.2) is 5.78 Å². The van der Waals surface area contributed by atoms with Gasteiger partial charge in [-0.15, -0.1) is 0 Å². The third kappa shape index (κ3) is 3.53. The summed E-state index contributed by atoms with van der Waals surface area (Å²) in [5, 5.41) is 0.510. The van der Waals surface area contributed by atoms with E-state index in [1.54, 1.807) is 36.4 Å². The average Bonchev–Trinajstić information content (AvgIpc) is 2.68. The molecular weight excluding hydrogens is 444 g/mol. The van der Waals surface area contributed by atoms with Crippen LogP contribution >= 0.6 is 27.5 Å². The molecule has 1 fully saturated rings. The van der Waals surface area contributed by atoms with E-state index in [9.17, 15) is 14.4 Å². The first-order valence-corrected chi connectivity index (χ1v) is 10.5. The zero-order valence-electron chi connectivity index (χ0n) is 15.0. The number of hydrogen-bond donors (Lipinski definition) is 0. The number of benzene rings is 2. The Morgan fingerprint density at radius 3 is 2.54 bits per heavy atom. The molecule has 144 valence electrons. The van der Waals surface area contributed by atoms with Gasteiger partial charge in [0.1, 0.15) is 17.5 Å². The largest absolute Gasteiger partial charge is 0.426 e. The molecule has 2 aromatic carbocycles. The third-order valence-corrected chi connectivity index (χ3v) is 6.35. The third-order valence-electron chi connectivity index (χ3n) is 5.60. The van der Waals surface area contributed by atoms with Gasteiger partial charge >= 0.3 is 5.97 Å². The number of rotatable bonds is 3. The van der Waals surface area contributed by atoms with Crippen molar-refractivity contribution in [2.75, 3.05) is 0 Å². The maximum absolute atomic E-state index is 13.3. The second-order valence-electron chi connectivity index (χ2n) is 7.30. The quantitative estimate of drug-likeness (QED) is 0.267. The number of ketones is 2. The Bertz CT molecular complexity index is 954. The summed E-state index contributed by atoms with van der Waals surface area (Å²) in [6.45, 7) is 0. The maximum atomic E-state index is 13.3. The summed E-state index contributed by atoms with van der Waals surface area (Å²) in [5.41, 5.74) is 1.12. The van der Waals surface area contributed by atoms with Crippen LogP contribution in [0.25, 0.3) is 0 Å². The van der Waals surface area contributed by atoms with Crippen LogP contribution in [0.5, 0.6) is 5.75 Å². The normalized spacial score (nSPS) is 24.4. The fourth-order valence-electron chi connectivity index (χ4n) is 4.27. The van der Waals surface area contributed by atoms with Gasteiger partial charge in [-0.2, -0.15) is 0 Å². The molecule has 0 saturated heterocycles. The van der Waals surface area contributed by atoms with Crippen LogP contribution in [0.1, 0.15) is 47.5 Å². The summed E-state index contributed by atoms with van der Waals surface area (Å²) >= 11 is 9.39. The molecule has 2 aliphatic rings. The van der Waals surface area contributed by atoms with Crippen molar-refractivity contribution in [2.24, 2.45) is 11.8 Å². The summed E-state index contributed by atoms with van der Waals surface area (Å²) in [4.78, 5) is 39.0. The van der Waals surface area contributed by atoms with Crippen LogP contribution in [0.2, 0.25) is 5.02 Å². The van der Waals surface area contributed by atoms with Gasteiger partial charge in [0.25, 0.3) is 0 Å². The van der Waals surface area contributed by atoms with Gasteiger partial charge in [0.05, 0.1) is 0 Å². The highest BCUT2D eigenvalue weighted by atomic mass is 79.9. The molecule has 6 heteroatoms. The van der Waals surface area contributed by atoms with Gasteiger partial charge in [-0.25, -0.2) is 0 Å². The van der Waals surface area contributed by atoms with E-state index < -0.39 is 17.8 Å². The van der Waals surface area contributed by atoms with Crippen molar-refractivity contribution in [3.8, 4) is 5.75 Å². The van der Waals surface area contributed by atoms with Crippen LogP contribution in [0.15, 0.2) is 46.9 Å². The molecule has 2 aromatic rings. The average molecular weight is 462 g/mol. The highest BCUT2D eigenvalue weighted by Crippen LogP contribution is 2.47. The first-order chi connectivity index (χ1) is 13.5. The first kappa shape index (κ1) is 19.3. The Morgan fingerprint density at radius 1 is 1.07 bits per heavy atom. The van der Waals surface area contributed by atoms with Crippen molar-refractivity contribution >= 4 is 45.1 Å². The van der Waals surface area contributed by atoms with Crippen molar-refractivity contribution in [1.29, 1.82) is 0 Å². The van der Waals surface area contributed by atoms with E-state index >= 15 is 0 Å². The van der Waals surface area contributed by atoms with Crippen LogP contribution in [0, 0.1) is 11.8 Å². The Hall–Kier alpha value is -1.98. The van der Waals surface area contributed by atoms with Crippen LogP contribution in [0.4, 0.5) is 0 Å². The fraction of sp³-hybridized carbons (Fsp3) is 0.318. The lowest BCUT2D eigenvalue weighted by Gasteiger charge is -2.37. The first-order valence-electron chi connectivity index (χ1n) is 9.29. The van der Waals surface area contributed by atoms with Gasteiger partial charge in [-0.1, -0.05) is 34.0 Å². The molecule has 4 nitrogen and oxygen atoms in total. The van der Waals surface area contributed by atoms with Crippen molar-refractivity contribution in [2.45, 2.75) is 31.6 Å². The number of fused-ring (bicyclic) bond motifs is 1. The number of carbonyl (C=O) groups excluding carboxylic acids is 3. The van der Waals surface area contributed by atoms with Crippen LogP contribution in [0.3, 0.4) is 0 Å². The summed E-state index contributed by atoms with van der Waals surface area (Å²) in [7, 11) is 0. The number of Topliss-reactive ketones (excluding diaryl/α,β-unsaturated/α-hetero) is 2. The number of halogens is 2. The minimum absolute atomic E-state index is 0.116.